The lowest BCUT2D eigenvalue weighted by Crippen LogP contribution is -2.25. The van der Waals surface area contributed by atoms with Crippen molar-refractivity contribution in [1.29, 1.82) is 0 Å². The number of fused-ring (bicyclic) bond motifs is 1. The molecule has 1 aromatic heterocycles. The molecule has 0 aliphatic heterocycles. The molecule has 0 aliphatic rings. The molecule has 0 amide bonds. The normalized spacial score (nSPS) is 11.9. The molecule has 0 bridgehead atoms. The van der Waals surface area contributed by atoms with Crippen LogP contribution in [0.5, 0.6) is 5.75 Å². The summed E-state index contributed by atoms with van der Waals surface area (Å²) in [5.41, 5.74) is -1.22. The number of rotatable bonds is 6. The number of alkyl halides is 2. The van der Waals surface area contributed by atoms with E-state index in [2.05, 4.69) is 4.74 Å². The first-order valence-electron chi connectivity index (χ1n) is 9.94. The van der Waals surface area contributed by atoms with Crippen molar-refractivity contribution in [3.8, 4) is 16.2 Å². The number of hydrogen-bond acceptors (Lipinski definition) is 2. The molecule has 10 heteroatoms. The first-order valence-corrected chi connectivity index (χ1v) is 10.8. The van der Waals surface area contributed by atoms with Gasteiger partial charge < -0.3 is 4.74 Å². The Morgan fingerprint density at radius 3 is 2.00 bits per heavy atom. The number of aryl methyl sites for hydroxylation is 1. The van der Waals surface area contributed by atoms with Crippen molar-refractivity contribution in [2.24, 2.45) is 0 Å². The molecule has 1 heterocycles. The maximum absolute atomic E-state index is 14.9. The van der Waals surface area contributed by atoms with E-state index in [0.717, 1.165) is 29.7 Å². The molecule has 0 atom stereocenters. The predicted molar refractivity (Wildman–Crippen MR) is 112 cm³/mol. The zero-order chi connectivity index (χ0) is 24.8. The minimum absolute atomic E-state index is 0.107. The predicted octanol–water partition coefficient (Wildman–Crippen LogP) is 8.48. The third-order valence-corrected chi connectivity index (χ3v) is 6.21. The van der Waals surface area contributed by atoms with Crippen molar-refractivity contribution in [3.63, 3.8) is 0 Å². The number of ether oxygens (including phenoxy) is 1. The molecule has 3 aromatic carbocycles. The van der Waals surface area contributed by atoms with Gasteiger partial charge in [-0.2, -0.15) is 8.78 Å². The van der Waals surface area contributed by atoms with Crippen LogP contribution in [0.4, 0.5) is 35.1 Å². The lowest BCUT2D eigenvalue weighted by atomic mass is 10.1. The van der Waals surface area contributed by atoms with E-state index in [1.54, 1.807) is 18.2 Å². The largest absolute Gasteiger partial charge is 0.432 e. The SMILES string of the molecule is CCCc1ccc2c(F)c(-c3cc(F)c(C(F)(F)Oc4cc(F)c(F)c(F)c4)c(F)c3)sc2c1. The van der Waals surface area contributed by atoms with Gasteiger partial charge in [0.05, 0.1) is 4.88 Å². The maximum atomic E-state index is 14.9. The maximum Gasteiger partial charge on any atom is 0.432 e. The van der Waals surface area contributed by atoms with Crippen molar-refractivity contribution in [3.05, 3.63) is 88.5 Å². The Labute approximate surface area is 192 Å². The van der Waals surface area contributed by atoms with Crippen molar-refractivity contribution in [2.75, 3.05) is 0 Å². The molecule has 0 unspecified atom stereocenters. The molecule has 0 radical (unpaired) electrons. The lowest BCUT2D eigenvalue weighted by molar-refractivity contribution is -0.189. The van der Waals surface area contributed by atoms with Crippen LogP contribution >= 0.6 is 11.3 Å². The molecule has 34 heavy (non-hydrogen) atoms. The van der Waals surface area contributed by atoms with Gasteiger partial charge in [0.1, 0.15) is 28.8 Å². The van der Waals surface area contributed by atoms with Crippen LogP contribution in [0.2, 0.25) is 0 Å². The molecular formula is C24H14F8OS. The number of hydrogen-bond donors (Lipinski definition) is 0. The summed E-state index contributed by atoms with van der Waals surface area (Å²) in [4.78, 5) is -0.153. The Hall–Kier alpha value is -3.14. The monoisotopic (exact) mass is 502 g/mol. The van der Waals surface area contributed by atoms with Gasteiger partial charge in [0.2, 0.25) is 0 Å². The molecule has 0 aliphatic carbocycles. The smallest absolute Gasteiger partial charge is 0.429 e. The van der Waals surface area contributed by atoms with Crippen LogP contribution in [0.3, 0.4) is 0 Å². The van der Waals surface area contributed by atoms with E-state index in [1.165, 1.54) is 0 Å². The molecule has 0 saturated heterocycles. The van der Waals surface area contributed by atoms with E-state index in [4.69, 9.17) is 0 Å². The number of halogens is 8. The minimum Gasteiger partial charge on any atom is -0.429 e. The van der Waals surface area contributed by atoms with Gasteiger partial charge in [-0.05, 0) is 30.2 Å². The highest BCUT2D eigenvalue weighted by molar-refractivity contribution is 7.22. The fourth-order valence-corrected chi connectivity index (χ4v) is 4.65. The molecule has 0 fully saturated rings. The molecule has 1 nitrogen and oxygen atoms in total. The minimum atomic E-state index is -4.73. The Morgan fingerprint density at radius 1 is 0.794 bits per heavy atom. The van der Waals surface area contributed by atoms with Crippen LogP contribution < -0.4 is 4.74 Å². The summed E-state index contributed by atoms with van der Waals surface area (Å²) < 4.78 is 117. The van der Waals surface area contributed by atoms with Gasteiger partial charge in [0, 0.05) is 27.8 Å². The van der Waals surface area contributed by atoms with Gasteiger partial charge in [0.25, 0.3) is 0 Å². The second kappa shape index (κ2) is 8.90. The van der Waals surface area contributed by atoms with E-state index < -0.39 is 52.3 Å². The first-order chi connectivity index (χ1) is 16.0. The summed E-state index contributed by atoms with van der Waals surface area (Å²) in [6, 6.07) is 6.27. The quantitative estimate of drug-likeness (QED) is 0.190. The third kappa shape index (κ3) is 4.34. The van der Waals surface area contributed by atoms with Crippen molar-refractivity contribution in [1.82, 2.24) is 0 Å². The Kier molecular flexibility index (Phi) is 6.28. The van der Waals surface area contributed by atoms with E-state index in [1.807, 2.05) is 6.92 Å². The lowest BCUT2D eigenvalue weighted by Gasteiger charge is -2.20. The average molecular weight is 502 g/mol. The van der Waals surface area contributed by atoms with Gasteiger partial charge in [-0.3, -0.25) is 0 Å². The molecule has 0 spiro atoms. The fraction of sp³-hybridized carbons (Fsp3) is 0.167. The van der Waals surface area contributed by atoms with E-state index >= 15 is 0 Å². The molecular weight excluding hydrogens is 488 g/mol. The Morgan fingerprint density at radius 2 is 1.41 bits per heavy atom. The highest BCUT2D eigenvalue weighted by atomic mass is 32.1. The van der Waals surface area contributed by atoms with Crippen molar-refractivity contribution >= 4 is 21.4 Å². The Balaban J connectivity index is 1.73. The van der Waals surface area contributed by atoms with Crippen LogP contribution in [0.25, 0.3) is 20.5 Å². The van der Waals surface area contributed by atoms with Crippen LogP contribution in [0.1, 0.15) is 24.5 Å². The van der Waals surface area contributed by atoms with E-state index in [9.17, 15) is 35.1 Å². The standard InChI is InChI=1S/C24H14F8OS/c1-2-3-11-4-5-14-19(6-11)34-23(21(14)29)12-7-15(25)20(16(26)8-12)24(31,32)33-13-9-17(27)22(30)18(28)10-13/h4-10H,2-3H2,1H3. The Bertz CT molecular complexity index is 1350. The van der Waals surface area contributed by atoms with Gasteiger partial charge in [-0.1, -0.05) is 25.5 Å². The van der Waals surface area contributed by atoms with Crippen molar-refractivity contribution in [2.45, 2.75) is 25.9 Å². The summed E-state index contributed by atoms with van der Waals surface area (Å²) in [6.07, 6.45) is -3.12. The summed E-state index contributed by atoms with van der Waals surface area (Å²) in [7, 11) is 0. The van der Waals surface area contributed by atoms with Gasteiger partial charge in [0.15, 0.2) is 17.5 Å². The van der Waals surface area contributed by atoms with Gasteiger partial charge in [-0.15, -0.1) is 11.3 Å². The number of benzene rings is 3. The van der Waals surface area contributed by atoms with Crippen LogP contribution in [0, 0.1) is 34.9 Å². The summed E-state index contributed by atoms with van der Waals surface area (Å²) in [6.45, 7) is 1.97. The third-order valence-electron chi connectivity index (χ3n) is 5.03. The first kappa shape index (κ1) is 24.0. The zero-order valence-electron chi connectivity index (χ0n) is 17.3. The molecule has 178 valence electrons. The van der Waals surface area contributed by atoms with Crippen molar-refractivity contribution < 1.29 is 39.9 Å². The van der Waals surface area contributed by atoms with E-state index in [-0.39, 0.29) is 28.0 Å². The molecule has 4 aromatic rings. The second-order valence-electron chi connectivity index (χ2n) is 7.46. The van der Waals surface area contributed by atoms with Gasteiger partial charge in [-0.25, -0.2) is 26.3 Å². The van der Waals surface area contributed by atoms with E-state index in [0.29, 0.717) is 16.8 Å². The van der Waals surface area contributed by atoms with Crippen LogP contribution in [0.15, 0.2) is 42.5 Å². The highest BCUT2D eigenvalue weighted by Crippen LogP contribution is 2.41. The second-order valence-corrected chi connectivity index (χ2v) is 8.51. The highest BCUT2D eigenvalue weighted by Gasteiger charge is 2.41. The van der Waals surface area contributed by atoms with Gasteiger partial charge >= 0.3 is 6.11 Å². The number of thiophene rings is 1. The van der Waals surface area contributed by atoms with Crippen LogP contribution in [-0.2, 0) is 12.5 Å². The molecule has 0 saturated carbocycles. The van der Waals surface area contributed by atoms with Crippen LogP contribution in [-0.4, -0.2) is 0 Å². The fourth-order valence-electron chi connectivity index (χ4n) is 3.51. The zero-order valence-corrected chi connectivity index (χ0v) is 18.1. The summed E-state index contributed by atoms with van der Waals surface area (Å²) in [5, 5.41) is 0.221. The molecule has 4 rings (SSSR count). The summed E-state index contributed by atoms with van der Waals surface area (Å²) >= 11 is 0.909. The topological polar surface area (TPSA) is 9.23 Å². The molecule has 0 N–H and O–H groups in total. The average Bonchev–Trinajstić information content (AvgIpc) is 3.07. The summed E-state index contributed by atoms with van der Waals surface area (Å²) in [5.74, 6) is -11.1.